The lowest BCUT2D eigenvalue weighted by atomic mass is 10.1. The monoisotopic (exact) mass is 306 g/mol. The van der Waals surface area contributed by atoms with Crippen molar-refractivity contribution in [1.29, 1.82) is 0 Å². The molecule has 0 saturated carbocycles. The molecule has 0 aliphatic carbocycles. The minimum atomic E-state index is -0.179. The summed E-state index contributed by atoms with van der Waals surface area (Å²) in [6, 6.07) is 11.8. The van der Waals surface area contributed by atoms with Gasteiger partial charge in [0.05, 0.1) is 28.8 Å². The molecule has 0 amide bonds. The van der Waals surface area contributed by atoms with E-state index in [0.29, 0.717) is 17.6 Å². The predicted octanol–water partition coefficient (Wildman–Crippen LogP) is 2.38. The van der Waals surface area contributed by atoms with E-state index in [4.69, 9.17) is 4.74 Å². The van der Waals surface area contributed by atoms with E-state index >= 15 is 0 Å². The van der Waals surface area contributed by atoms with Crippen molar-refractivity contribution < 1.29 is 4.74 Å². The lowest BCUT2D eigenvalue weighted by Gasteiger charge is -2.02. The van der Waals surface area contributed by atoms with Crippen molar-refractivity contribution in [2.45, 2.75) is 6.61 Å². The van der Waals surface area contributed by atoms with E-state index < -0.39 is 0 Å². The fraction of sp³-hybridized carbons (Fsp3) is 0.118. The third-order valence-corrected chi connectivity index (χ3v) is 3.80. The van der Waals surface area contributed by atoms with Crippen LogP contribution in [0.4, 0.5) is 0 Å². The van der Waals surface area contributed by atoms with Crippen molar-refractivity contribution in [3.8, 4) is 11.1 Å². The topological polar surface area (TPSA) is 72.3 Å². The van der Waals surface area contributed by atoms with Crippen LogP contribution in [0, 0.1) is 0 Å². The number of pyridine rings is 1. The van der Waals surface area contributed by atoms with Crippen LogP contribution in [0.25, 0.3) is 27.7 Å². The number of methoxy groups -OCH3 is 1. The van der Waals surface area contributed by atoms with Gasteiger partial charge in [-0.15, -0.1) is 0 Å². The molecule has 0 unspecified atom stereocenters. The molecule has 0 bridgehead atoms. The molecule has 0 aliphatic heterocycles. The summed E-state index contributed by atoms with van der Waals surface area (Å²) in [6.45, 7) is 0.373. The lowest BCUT2D eigenvalue weighted by Crippen LogP contribution is -2.07. The van der Waals surface area contributed by atoms with Gasteiger partial charge in [-0.25, -0.2) is 9.50 Å². The number of hydrogen-bond acceptors (Lipinski definition) is 4. The zero-order chi connectivity index (χ0) is 15.8. The Morgan fingerprint density at radius 3 is 2.83 bits per heavy atom. The van der Waals surface area contributed by atoms with E-state index in [1.807, 2.05) is 36.4 Å². The number of hydrogen-bond donors (Lipinski definition) is 1. The average Bonchev–Trinajstić information content (AvgIpc) is 2.95. The first kappa shape index (κ1) is 13.7. The molecule has 1 aromatic carbocycles. The summed E-state index contributed by atoms with van der Waals surface area (Å²) in [5, 5.41) is 5.13. The number of ether oxygens (including phenoxy) is 1. The van der Waals surface area contributed by atoms with Crippen LogP contribution in [0.2, 0.25) is 0 Å². The van der Waals surface area contributed by atoms with Crippen LogP contribution in [0.15, 0.2) is 53.6 Å². The second-order valence-electron chi connectivity index (χ2n) is 5.22. The van der Waals surface area contributed by atoms with Crippen LogP contribution in [-0.2, 0) is 11.3 Å². The largest absolute Gasteiger partial charge is 0.378 e. The van der Waals surface area contributed by atoms with E-state index in [9.17, 15) is 4.79 Å². The van der Waals surface area contributed by atoms with Gasteiger partial charge in [0.25, 0.3) is 5.56 Å². The molecule has 6 nitrogen and oxygen atoms in total. The van der Waals surface area contributed by atoms with Gasteiger partial charge in [-0.1, -0.05) is 30.3 Å². The number of fused-ring (bicyclic) bond motifs is 3. The number of aromatic nitrogens is 4. The van der Waals surface area contributed by atoms with Gasteiger partial charge in [-0.2, -0.15) is 5.10 Å². The van der Waals surface area contributed by atoms with Gasteiger partial charge in [0.2, 0.25) is 0 Å². The molecule has 114 valence electrons. The zero-order valence-corrected chi connectivity index (χ0v) is 12.5. The normalized spacial score (nSPS) is 11.3. The summed E-state index contributed by atoms with van der Waals surface area (Å²) in [5.41, 5.74) is 3.99. The van der Waals surface area contributed by atoms with E-state index in [0.717, 1.165) is 22.3 Å². The molecule has 1 N–H and O–H groups in total. The van der Waals surface area contributed by atoms with Crippen LogP contribution < -0.4 is 5.56 Å². The molecule has 4 rings (SSSR count). The third kappa shape index (κ3) is 2.11. The average molecular weight is 306 g/mol. The van der Waals surface area contributed by atoms with Gasteiger partial charge in [-0.05, 0) is 11.6 Å². The van der Waals surface area contributed by atoms with Crippen molar-refractivity contribution in [2.24, 2.45) is 0 Å². The molecule has 0 radical (unpaired) electrons. The number of rotatable bonds is 3. The molecule has 0 fully saturated rings. The highest BCUT2D eigenvalue weighted by Crippen LogP contribution is 2.29. The van der Waals surface area contributed by atoms with Gasteiger partial charge >= 0.3 is 0 Å². The molecular weight excluding hydrogens is 292 g/mol. The maximum Gasteiger partial charge on any atom is 0.258 e. The number of aromatic amines is 1. The fourth-order valence-corrected chi connectivity index (χ4v) is 2.79. The quantitative estimate of drug-likeness (QED) is 0.631. The summed E-state index contributed by atoms with van der Waals surface area (Å²) < 4.78 is 6.99. The van der Waals surface area contributed by atoms with Crippen LogP contribution in [0.3, 0.4) is 0 Å². The Morgan fingerprint density at radius 1 is 1.22 bits per heavy atom. The van der Waals surface area contributed by atoms with E-state index in [1.165, 1.54) is 0 Å². The highest BCUT2D eigenvalue weighted by atomic mass is 16.5. The molecule has 0 atom stereocenters. The number of nitrogens with zero attached hydrogens (tertiary/aromatic N) is 3. The van der Waals surface area contributed by atoms with Gasteiger partial charge in [0.15, 0.2) is 5.65 Å². The van der Waals surface area contributed by atoms with Crippen LogP contribution in [0.5, 0.6) is 0 Å². The van der Waals surface area contributed by atoms with Crippen molar-refractivity contribution in [3.05, 3.63) is 64.8 Å². The lowest BCUT2D eigenvalue weighted by molar-refractivity contribution is 0.181. The Kier molecular flexibility index (Phi) is 3.17. The molecule has 3 heterocycles. The summed E-state index contributed by atoms with van der Waals surface area (Å²) in [7, 11) is 1.63. The fourth-order valence-electron chi connectivity index (χ4n) is 2.79. The molecular formula is C17H14N4O2. The van der Waals surface area contributed by atoms with Crippen LogP contribution >= 0.6 is 0 Å². The highest BCUT2D eigenvalue weighted by Gasteiger charge is 2.17. The van der Waals surface area contributed by atoms with Crippen molar-refractivity contribution >= 4 is 16.6 Å². The minimum Gasteiger partial charge on any atom is -0.378 e. The second-order valence-corrected chi connectivity index (χ2v) is 5.22. The van der Waals surface area contributed by atoms with Crippen LogP contribution in [-0.4, -0.2) is 26.7 Å². The second kappa shape index (κ2) is 5.33. The molecule has 0 spiro atoms. The summed E-state index contributed by atoms with van der Waals surface area (Å²) >= 11 is 0. The maximum atomic E-state index is 11.9. The van der Waals surface area contributed by atoms with E-state index in [-0.39, 0.29) is 5.56 Å². The van der Waals surface area contributed by atoms with E-state index in [1.54, 1.807) is 24.0 Å². The summed E-state index contributed by atoms with van der Waals surface area (Å²) in [4.78, 5) is 19.1. The standard InChI is InChI=1S/C17H14N4O2/c1-23-10-13-15(11-5-3-2-4-6-11)16-19-9-12-14(21(16)20-13)7-8-18-17(12)22/h2-9H,10H2,1H3,(H,18,22). The first-order valence-electron chi connectivity index (χ1n) is 7.22. The van der Waals surface area contributed by atoms with Gasteiger partial charge < -0.3 is 9.72 Å². The number of H-pyrrole nitrogens is 1. The van der Waals surface area contributed by atoms with Gasteiger partial charge in [-0.3, -0.25) is 4.79 Å². The first-order chi connectivity index (χ1) is 11.3. The molecule has 0 aliphatic rings. The van der Waals surface area contributed by atoms with Gasteiger partial charge in [0.1, 0.15) is 0 Å². The van der Waals surface area contributed by atoms with Gasteiger partial charge in [0, 0.05) is 19.5 Å². The van der Waals surface area contributed by atoms with Crippen molar-refractivity contribution in [1.82, 2.24) is 19.6 Å². The number of nitrogens with one attached hydrogen (secondary N) is 1. The van der Waals surface area contributed by atoms with Crippen LogP contribution in [0.1, 0.15) is 5.69 Å². The molecule has 0 saturated heterocycles. The highest BCUT2D eigenvalue weighted by molar-refractivity contribution is 5.86. The van der Waals surface area contributed by atoms with E-state index in [2.05, 4.69) is 15.1 Å². The molecule has 4 aromatic rings. The third-order valence-electron chi connectivity index (χ3n) is 3.80. The maximum absolute atomic E-state index is 11.9. The zero-order valence-electron chi connectivity index (χ0n) is 12.5. The smallest absolute Gasteiger partial charge is 0.258 e. The summed E-state index contributed by atoms with van der Waals surface area (Å²) in [5.74, 6) is 0. The SMILES string of the molecule is COCc1nn2c(ncc3c(=O)[nH]ccc32)c1-c1ccccc1. The van der Waals surface area contributed by atoms with Crippen molar-refractivity contribution in [3.63, 3.8) is 0 Å². The Morgan fingerprint density at radius 2 is 2.04 bits per heavy atom. The van der Waals surface area contributed by atoms with Crippen molar-refractivity contribution in [2.75, 3.05) is 7.11 Å². The summed E-state index contributed by atoms with van der Waals surface area (Å²) in [6.07, 6.45) is 3.21. The minimum absolute atomic E-state index is 0.179. The first-order valence-corrected chi connectivity index (χ1v) is 7.22. The molecule has 6 heteroatoms. The Balaban J connectivity index is 2.12. The number of benzene rings is 1. The Hall–Kier alpha value is -2.99. The molecule has 3 aromatic heterocycles. The Bertz CT molecular complexity index is 1050. The molecule has 23 heavy (non-hydrogen) atoms. The predicted molar refractivity (Wildman–Crippen MR) is 87.3 cm³/mol. The Labute approximate surface area is 131 Å².